The van der Waals surface area contributed by atoms with Crippen LogP contribution >= 0.6 is 0 Å². The van der Waals surface area contributed by atoms with E-state index in [2.05, 4.69) is 60.8 Å². The van der Waals surface area contributed by atoms with E-state index in [4.69, 9.17) is 0 Å². The summed E-state index contributed by atoms with van der Waals surface area (Å²) in [5, 5.41) is 0. The van der Waals surface area contributed by atoms with E-state index < -0.39 is 0 Å². The summed E-state index contributed by atoms with van der Waals surface area (Å²) in [6.07, 6.45) is 7.27. The third-order valence-electron chi connectivity index (χ3n) is 2.23. The first-order chi connectivity index (χ1) is 5.12. The van der Waals surface area contributed by atoms with Gasteiger partial charge in [0.25, 0.3) is 0 Å². The molecule has 1 aliphatic carbocycles. The molecule has 0 bridgehead atoms. The van der Waals surface area contributed by atoms with Crippen LogP contribution in [-0.4, -0.2) is 0 Å². The summed E-state index contributed by atoms with van der Waals surface area (Å²) < 4.78 is 0. The summed E-state index contributed by atoms with van der Waals surface area (Å²) in [5.41, 5.74) is 0.797. The van der Waals surface area contributed by atoms with Crippen LogP contribution in [0.5, 0.6) is 0 Å². The van der Waals surface area contributed by atoms with Crippen molar-refractivity contribution in [2.45, 2.75) is 41.5 Å². The molecule has 1 saturated carbocycles. The van der Waals surface area contributed by atoms with Crippen molar-refractivity contribution in [3.8, 4) is 0 Å². The van der Waals surface area contributed by atoms with E-state index in [1.165, 1.54) is 0 Å². The average molecular weight is 165 g/mol. The monoisotopic (exact) mass is 165 g/mol. The Balaban J connectivity index is 2.81. The van der Waals surface area contributed by atoms with Gasteiger partial charge in [-0.1, -0.05) is 41.5 Å². The zero-order chi connectivity index (χ0) is 9.62. The highest BCUT2D eigenvalue weighted by atomic mass is 14.5. The first-order valence-corrected chi connectivity index (χ1v) is 4.73. The standard InChI is InChI=1S/C12H21/c1-10(2)7-11(3,4)9-12(5,6)8-10/h7-9H,1-6H3. The van der Waals surface area contributed by atoms with E-state index in [1.54, 1.807) is 0 Å². The minimum atomic E-state index is 0.266. The summed E-state index contributed by atoms with van der Waals surface area (Å²) in [4.78, 5) is 0. The maximum Gasteiger partial charge on any atom is -0.0267 e. The molecule has 0 unspecified atom stereocenters. The SMILES string of the molecule is CC1(C)[CH]C(C)(C)[CH]C(C)(C)[CH]1. The lowest BCUT2D eigenvalue weighted by molar-refractivity contribution is 0.229. The second-order valence-corrected chi connectivity index (χ2v) is 5.90. The highest BCUT2D eigenvalue weighted by Crippen LogP contribution is 2.51. The summed E-state index contributed by atoms with van der Waals surface area (Å²) in [7, 11) is 0. The predicted molar refractivity (Wildman–Crippen MR) is 54.2 cm³/mol. The maximum atomic E-state index is 2.42. The van der Waals surface area contributed by atoms with Crippen LogP contribution in [0.3, 0.4) is 0 Å². The Kier molecular flexibility index (Phi) is 2.10. The van der Waals surface area contributed by atoms with Crippen LogP contribution in [0.25, 0.3) is 0 Å². The fraction of sp³-hybridized carbons (Fsp3) is 0.750. The van der Waals surface area contributed by atoms with E-state index >= 15 is 0 Å². The van der Waals surface area contributed by atoms with Gasteiger partial charge in [0.05, 0.1) is 0 Å². The Morgan fingerprint density at radius 3 is 0.833 bits per heavy atom. The zero-order valence-electron chi connectivity index (χ0n) is 9.23. The van der Waals surface area contributed by atoms with Gasteiger partial charge in [0.2, 0.25) is 0 Å². The van der Waals surface area contributed by atoms with E-state index in [1.807, 2.05) is 0 Å². The van der Waals surface area contributed by atoms with Crippen LogP contribution in [0.1, 0.15) is 41.5 Å². The molecule has 0 aliphatic heterocycles. The topological polar surface area (TPSA) is 0 Å². The molecule has 1 fully saturated rings. The Labute approximate surface area is 77.7 Å². The summed E-state index contributed by atoms with van der Waals surface area (Å²) >= 11 is 0. The summed E-state index contributed by atoms with van der Waals surface area (Å²) in [6, 6.07) is 0. The maximum absolute atomic E-state index is 2.42. The van der Waals surface area contributed by atoms with Crippen molar-refractivity contribution in [2.24, 2.45) is 16.2 Å². The Hall–Kier alpha value is 0. The van der Waals surface area contributed by atoms with Crippen molar-refractivity contribution in [3.63, 3.8) is 0 Å². The van der Waals surface area contributed by atoms with E-state index in [9.17, 15) is 0 Å². The molecule has 0 aromatic carbocycles. The normalized spacial score (nSPS) is 31.5. The van der Waals surface area contributed by atoms with Crippen LogP contribution < -0.4 is 0 Å². The van der Waals surface area contributed by atoms with Crippen molar-refractivity contribution in [2.75, 3.05) is 0 Å². The quantitative estimate of drug-likeness (QED) is 0.513. The molecule has 0 saturated heterocycles. The molecule has 69 valence electrons. The van der Waals surface area contributed by atoms with Crippen molar-refractivity contribution in [1.29, 1.82) is 0 Å². The fourth-order valence-corrected chi connectivity index (χ4v) is 3.00. The molecule has 0 heteroatoms. The summed E-state index contributed by atoms with van der Waals surface area (Å²) in [5.74, 6) is 0. The molecule has 0 aromatic heterocycles. The van der Waals surface area contributed by atoms with Gasteiger partial charge in [0, 0.05) is 0 Å². The van der Waals surface area contributed by atoms with Gasteiger partial charge in [-0.3, -0.25) is 0 Å². The molecule has 1 aliphatic rings. The molecular weight excluding hydrogens is 144 g/mol. The van der Waals surface area contributed by atoms with E-state index in [0.29, 0.717) is 0 Å². The smallest absolute Gasteiger partial charge is 0.0267 e. The highest BCUT2D eigenvalue weighted by molar-refractivity contribution is 5.21. The lowest BCUT2D eigenvalue weighted by Crippen LogP contribution is -2.40. The predicted octanol–water partition coefficient (Wildman–Crippen LogP) is 3.69. The molecule has 0 amide bonds. The zero-order valence-corrected chi connectivity index (χ0v) is 9.23. The first kappa shape index (κ1) is 10.1. The van der Waals surface area contributed by atoms with E-state index in [0.717, 1.165) is 0 Å². The van der Waals surface area contributed by atoms with Gasteiger partial charge in [-0.2, -0.15) is 0 Å². The highest BCUT2D eigenvalue weighted by Gasteiger charge is 2.42. The minimum absolute atomic E-state index is 0.266. The third-order valence-corrected chi connectivity index (χ3v) is 2.23. The molecule has 0 heterocycles. The largest absolute Gasteiger partial charge is 0.0593 e. The fourth-order valence-electron chi connectivity index (χ4n) is 3.00. The molecular formula is C12H21. The average Bonchev–Trinajstić information content (AvgIpc) is 1.44. The molecule has 0 aromatic rings. The van der Waals surface area contributed by atoms with Crippen molar-refractivity contribution < 1.29 is 0 Å². The molecule has 3 radical (unpaired) electrons. The van der Waals surface area contributed by atoms with Gasteiger partial charge in [0.1, 0.15) is 0 Å². The Bertz CT molecular complexity index is 127. The van der Waals surface area contributed by atoms with Crippen molar-refractivity contribution in [3.05, 3.63) is 19.3 Å². The summed E-state index contributed by atoms with van der Waals surface area (Å²) in [6.45, 7) is 13.7. The van der Waals surface area contributed by atoms with Crippen LogP contribution in [0.4, 0.5) is 0 Å². The second-order valence-electron chi connectivity index (χ2n) is 5.90. The van der Waals surface area contributed by atoms with Crippen LogP contribution in [0.15, 0.2) is 0 Å². The lowest BCUT2D eigenvalue weighted by Gasteiger charge is -2.48. The van der Waals surface area contributed by atoms with E-state index in [-0.39, 0.29) is 16.2 Å². The molecule has 0 atom stereocenters. The van der Waals surface area contributed by atoms with Gasteiger partial charge in [-0.15, -0.1) is 0 Å². The third kappa shape index (κ3) is 2.50. The van der Waals surface area contributed by atoms with Gasteiger partial charge >= 0.3 is 0 Å². The number of hydrogen-bond donors (Lipinski definition) is 0. The van der Waals surface area contributed by atoms with Crippen molar-refractivity contribution >= 4 is 0 Å². The number of hydrogen-bond acceptors (Lipinski definition) is 0. The minimum Gasteiger partial charge on any atom is -0.0593 e. The second kappa shape index (κ2) is 2.49. The Morgan fingerprint density at radius 1 is 0.500 bits per heavy atom. The van der Waals surface area contributed by atoms with Crippen LogP contribution in [-0.2, 0) is 0 Å². The van der Waals surface area contributed by atoms with Gasteiger partial charge in [-0.25, -0.2) is 0 Å². The van der Waals surface area contributed by atoms with Gasteiger partial charge in [0.15, 0.2) is 0 Å². The van der Waals surface area contributed by atoms with Gasteiger partial charge in [-0.05, 0) is 35.5 Å². The molecule has 12 heavy (non-hydrogen) atoms. The van der Waals surface area contributed by atoms with Gasteiger partial charge < -0.3 is 0 Å². The molecule has 0 N–H and O–H groups in total. The lowest BCUT2D eigenvalue weighted by atomic mass is 9.56. The Morgan fingerprint density at radius 2 is 0.667 bits per heavy atom. The van der Waals surface area contributed by atoms with Crippen molar-refractivity contribution in [1.82, 2.24) is 0 Å². The first-order valence-electron chi connectivity index (χ1n) is 4.73. The van der Waals surface area contributed by atoms with Crippen LogP contribution in [0, 0.1) is 35.5 Å². The van der Waals surface area contributed by atoms with Crippen LogP contribution in [0.2, 0.25) is 0 Å². The molecule has 0 nitrogen and oxygen atoms in total. The molecule has 1 rings (SSSR count). The number of rotatable bonds is 0. The molecule has 0 spiro atoms.